The molecule has 0 amide bonds. The molecule has 2 N–H and O–H groups in total. The van der Waals surface area contributed by atoms with E-state index in [4.69, 9.17) is 5.73 Å². The van der Waals surface area contributed by atoms with Gasteiger partial charge >= 0.3 is 0 Å². The van der Waals surface area contributed by atoms with Gasteiger partial charge in [-0.15, -0.1) is 0 Å². The van der Waals surface area contributed by atoms with Crippen LogP contribution in [0.2, 0.25) is 0 Å². The fraction of sp³-hybridized carbons (Fsp3) is 0.467. The Morgan fingerprint density at radius 1 is 1.33 bits per heavy atom. The first-order valence-corrected chi connectivity index (χ1v) is 7.38. The zero-order chi connectivity index (χ0) is 13.1. The summed E-state index contributed by atoms with van der Waals surface area (Å²) in [6, 6.07) is 6.50. The maximum absolute atomic E-state index is 5.69. The van der Waals surface area contributed by atoms with Crippen LogP contribution in [0.25, 0.3) is 10.9 Å². The smallest absolute Gasteiger partial charge is 0.0494 e. The molecule has 98 valence electrons. The summed E-state index contributed by atoms with van der Waals surface area (Å²) >= 11 is 3.56. The summed E-state index contributed by atoms with van der Waals surface area (Å²) in [7, 11) is 0. The van der Waals surface area contributed by atoms with Gasteiger partial charge in [0.2, 0.25) is 0 Å². The van der Waals surface area contributed by atoms with Crippen molar-refractivity contribution in [3.8, 4) is 0 Å². The van der Waals surface area contributed by atoms with Crippen molar-refractivity contribution in [3.05, 3.63) is 34.4 Å². The minimum absolute atomic E-state index is 0.708. The van der Waals surface area contributed by atoms with Crippen LogP contribution >= 0.6 is 15.9 Å². The van der Waals surface area contributed by atoms with Crippen molar-refractivity contribution in [2.45, 2.75) is 33.2 Å². The number of halogens is 1. The van der Waals surface area contributed by atoms with E-state index in [1.165, 1.54) is 22.9 Å². The lowest BCUT2D eigenvalue weighted by Gasteiger charge is -2.07. The first-order valence-electron chi connectivity index (χ1n) is 6.59. The van der Waals surface area contributed by atoms with Crippen LogP contribution in [0, 0.1) is 5.92 Å². The van der Waals surface area contributed by atoms with Gasteiger partial charge in [-0.05, 0) is 43.0 Å². The maximum Gasteiger partial charge on any atom is 0.0494 e. The highest BCUT2D eigenvalue weighted by Crippen LogP contribution is 2.26. The topological polar surface area (TPSA) is 30.9 Å². The molecule has 0 aliphatic heterocycles. The normalized spacial score (nSPS) is 11.6. The summed E-state index contributed by atoms with van der Waals surface area (Å²) in [5.74, 6) is 0.729. The molecular formula is C15H21BrN2. The highest BCUT2D eigenvalue weighted by atomic mass is 79.9. The van der Waals surface area contributed by atoms with Crippen molar-refractivity contribution in [3.63, 3.8) is 0 Å². The van der Waals surface area contributed by atoms with Gasteiger partial charge in [0.05, 0.1) is 0 Å². The lowest BCUT2D eigenvalue weighted by Crippen LogP contribution is -2.02. The second kappa shape index (κ2) is 5.89. The minimum Gasteiger partial charge on any atom is -0.347 e. The van der Waals surface area contributed by atoms with E-state index >= 15 is 0 Å². The lowest BCUT2D eigenvalue weighted by molar-refractivity contribution is 0.524. The van der Waals surface area contributed by atoms with Crippen LogP contribution in [0.15, 0.2) is 28.9 Å². The summed E-state index contributed by atoms with van der Waals surface area (Å²) in [4.78, 5) is 0. The van der Waals surface area contributed by atoms with Gasteiger partial charge < -0.3 is 10.3 Å². The summed E-state index contributed by atoms with van der Waals surface area (Å²) in [6.45, 7) is 6.32. The largest absolute Gasteiger partial charge is 0.347 e. The molecule has 0 fully saturated rings. The number of benzene rings is 1. The summed E-state index contributed by atoms with van der Waals surface area (Å²) in [6.07, 6.45) is 4.43. The maximum atomic E-state index is 5.69. The molecule has 0 aliphatic rings. The molecule has 0 spiro atoms. The van der Waals surface area contributed by atoms with Gasteiger partial charge in [-0.25, -0.2) is 0 Å². The van der Waals surface area contributed by atoms with Gasteiger partial charge in [-0.2, -0.15) is 0 Å². The van der Waals surface area contributed by atoms with Crippen molar-refractivity contribution in [2.24, 2.45) is 11.7 Å². The molecule has 2 aromatic rings. The molecule has 2 nitrogen and oxygen atoms in total. The molecule has 0 radical (unpaired) electrons. The van der Waals surface area contributed by atoms with Crippen LogP contribution in [0.1, 0.15) is 25.8 Å². The highest BCUT2D eigenvalue weighted by molar-refractivity contribution is 9.10. The molecule has 18 heavy (non-hydrogen) atoms. The predicted octanol–water partition coefficient (Wildman–Crippen LogP) is 3.95. The summed E-state index contributed by atoms with van der Waals surface area (Å²) < 4.78 is 3.50. The fourth-order valence-electron chi connectivity index (χ4n) is 2.28. The Morgan fingerprint density at radius 2 is 2.11 bits per heavy atom. The molecule has 3 heteroatoms. The average molecular weight is 309 g/mol. The standard InChI is InChI=1S/C15H21BrN2/c1-11(2)6-8-18-10-12(5-7-17)14-4-3-13(16)9-15(14)18/h3-4,9-11H,5-8,17H2,1-2H3. The van der Waals surface area contributed by atoms with Gasteiger partial charge in [0.25, 0.3) is 0 Å². The number of nitrogens with two attached hydrogens (primary N) is 1. The Balaban J connectivity index is 2.41. The Kier molecular flexibility index (Phi) is 4.46. The van der Waals surface area contributed by atoms with E-state index in [0.29, 0.717) is 6.54 Å². The third-order valence-corrected chi connectivity index (χ3v) is 3.78. The van der Waals surface area contributed by atoms with E-state index in [0.717, 1.165) is 23.4 Å². The second-order valence-corrected chi connectivity index (χ2v) is 6.15. The van der Waals surface area contributed by atoms with Crippen LogP contribution in [-0.2, 0) is 13.0 Å². The zero-order valence-corrected chi connectivity index (χ0v) is 12.7. The average Bonchev–Trinajstić information content (AvgIpc) is 2.65. The molecule has 0 saturated heterocycles. The van der Waals surface area contributed by atoms with Gasteiger partial charge in [-0.3, -0.25) is 0 Å². The van der Waals surface area contributed by atoms with Crippen LogP contribution in [-0.4, -0.2) is 11.1 Å². The molecule has 0 atom stereocenters. The van der Waals surface area contributed by atoms with Gasteiger partial charge in [0.15, 0.2) is 0 Å². The van der Waals surface area contributed by atoms with Gasteiger partial charge in [0, 0.05) is 28.1 Å². The van der Waals surface area contributed by atoms with Crippen LogP contribution in [0.3, 0.4) is 0 Å². The number of hydrogen-bond donors (Lipinski definition) is 1. The first kappa shape index (κ1) is 13.6. The lowest BCUT2D eigenvalue weighted by atomic mass is 10.1. The Labute approximate surface area is 117 Å². The molecule has 0 aliphatic carbocycles. The molecular weight excluding hydrogens is 288 g/mol. The molecule has 1 aromatic carbocycles. The molecule has 2 rings (SSSR count). The van der Waals surface area contributed by atoms with E-state index in [-0.39, 0.29) is 0 Å². The highest BCUT2D eigenvalue weighted by Gasteiger charge is 2.08. The van der Waals surface area contributed by atoms with Crippen molar-refractivity contribution >= 4 is 26.8 Å². The van der Waals surface area contributed by atoms with Crippen molar-refractivity contribution in [1.29, 1.82) is 0 Å². The Bertz CT molecular complexity index is 529. The zero-order valence-electron chi connectivity index (χ0n) is 11.1. The van der Waals surface area contributed by atoms with Crippen molar-refractivity contribution < 1.29 is 0 Å². The Hall–Kier alpha value is -0.800. The van der Waals surface area contributed by atoms with Gasteiger partial charge in [0.1, 0.15) is 0 Å². The SMILES string of the molecule is CC(C)CCn1cc(CCN)c2ccc(Br)cc21. The number of hydrogen-bond acceptors (Lipinski definition) is 1. The second-order valence-electron chi connectivity index (χ2n) is 5.23. The number of aryl methyl sites for hydroxylation is 1. The number of rotatable bonds is 5. The monoisotopic (exact) mass is 308 g/mol. The van der Waals surface area contributed by atoms with Crippen LogP contribution < -0.4 is 5.73 Å². The van der Waals surface area contributed by atoms with E-state index < -0.39 is 0 Å². The number of nitrogens with zero attached hydrogens (tertiary/aromatic N) is 1. The molecule has 0 saturated carbocycles. The van der Waals surface area contributed by atoms with E-state index in [1.807, 2.05) is 0 Å². The summed E-state index contributed by atoms with van der Waals surface area (Å²) in [5.41, 5.74) is 8.37. The molecule has 1 aromatic heterocycles. The van der Waals surface area contributed by atoms with Gasteiger partial charge in [-0.1, -0.05) is 35.8 Å². The number of fused-ring (bicyclic) bond motifs is 1. The van der Waals surface area contributed by atoms with Crippen molar-refractivity contribution in [2.75, 3.05) is 6.54 Å². The third-order valence-electron chi connectivity index (χ3n) is 3.29. The minimum atomic E-state index is 0.708. The van der Waals surface area contributed by atoms with Crippen molar-refractivity contribution in [1.82, 2.24) is 4.57 Å². The van der Waals surface area contributed by atoms with E-state index in [1.54, 1.807) is 0 Å². The third kappa shape index (κ3) is 2.96. The first-order chi connectivity index (χ1) is 8.61. The van der Waals surface area contributed by atoms with E-state index in [9.17, 15) is 0 Å². The molecule has 1 heterocycles. The Morgan fingerprint density at radius 3 is 2.78 bits per heavy atom. The summed E-state index contributed by atoms with van der Waals surface area (Å²) in [5, 5.41) is 1.34. The fourth-order valence-corrected chi connectivity index (χ4v) is 2.63. The predicted molar refractivity (Wildman–Crippen MR) is 81.9 cm³/mol. The van der Waals surface area contributed by atoms with E-state index in [2.05, 4.69) is 58.7 Å². The quantitative estimate of drug-likeness (QED) is 0.891. The van der Waals surface area contributed by atoms with Crippen LogP contribution in [0.5, 0.6) is 0 Å². The molecule has 0 bridgehead atoms. The number of aromatic nitrogens is 1. The van der Waals surface area contributed by atoms with Crippen LogP contribution in [0.4, 0.5) is 0 Å². The molecule has 0 unspecified atom stereocenters.